The molecule has 0 aromatic heterocycles. The fraction of sp³-hybridized carbons (Fsp3) is 0.609. The zero-order valence-corrected chi connectivity index (χ0v) is 18.0. The highest BCUT2D eigenvalue weighted by Crippen LogP contribution is 2.41. The lowest BCUT2D eigenvalue weighted by Crippen LogP contribution is -2.58. The zero-order valence-electron chi connectivity index (χ0n) is 18.0. The Balaban J connectivity index is 1.74. The molecule has 164 valence electrons. The minimum absolute atomic E-state index is 0.0701. The van der Waals surface area contributed by atoms with E-state index in [2.05, 4.69) is 5.32 Å². The maximum Gasteiger partial charge on any atom is 0.408 e. The Labute approximate surface area is 177 Å². The second-order valence-electron chi connectivity index (χ2n) is 9.45. The highest BCUT2D eigenvalue weighted by Gasteiger charge is 2.50. The number of carboxylic acid groups (broad SMARTS) is 1. The van der Waals surface area contributed by atoms with Crippen LogP contribution in [0.4, 0.5) is 4.79 Å². The summed E-state index contributed by atoms with van der Waals surface area (Å²) in [6.45, 7) is 5.68. The molecule has 1 aromatic rings. The van der Waals surface area contributed by atoms with Crippen LogP contribution in [0.25, 0.3) is 0 Å². The number of benzene rings is 1. The van der Waals surface area contributed by atoms with Gasteiger partial charge in [0.1, 0.15) is 18.7 Å². The molecule has 7 heteroatoms. The van der Waals surface area contributed by atoms with Crippen LogP contribution in [0.5, 0.6) is 0 Å². The van der Waals surface area contributed by atoms with E-state index in [4.69, 9.17) is 4.74 Å². The summed E-state index contributed by atoms with van der Waals surface area (Å²) in [6, 6.07) is 7.52. The van der Waals surface area contributed by atoms with Crippen LogP contribution in [0.1, 0.15) is 58.4 Å². The number of hydrogen-bond acceptors (Lipinski definition) is 4. The molecular formula is C23H32N2O5. The Morgan fingerprint density at radius 2 is 1.83 bits per heavy atom. The van der Waals surface area contributed by atoms with E-state index in [-0.39, 0.29) is 24.5 Å². The molecule has 2 amide bonds. The number of nitrogens with one attached hydrogen (secondary N) is 1. The molecule has 0 spiro atoms. The number of nitrogens with zero attached hydrogens (tertiary/aromatic N) is 1. The van der Waals surface area contributed by atoms with E-state index in [1.54, 1.807) is 4.90 Å². The lowest BCUT2D eigenvalue weighted by atomic mass is 9.83. The summed E-state index contributed by atoms with van der Waals surface area (Å²) in [6.07, 6.45) is 3.63. The van der Waals surface area contributed by atoms with Gasteiger partial charge in [-0.2, -0.15) is 0 Å². The van der Waals surface area contributed by atoms with Gasteiger partial charge in [0, 0.05) is 6.04 Å². The van der Waals surface area contributed by atoms with Gasteiger partial charge in [0.2, 0.25) is 5.91 Å². The van der Waals surface area contributed by atoms with Crippen LogP contribution in [-0.4, -0.2) is 46.1 Å². The Kier molecular flexibility index (Phi) is 6.68. The number of carboxylic acids is 1. The third-order valence-electron chi connectivity index (χ3n) is 6.22. The molecule has 4 unspecified atom stereocenters. The second kappa shape index (κ2) is 9.06. The van der Waals surface area contributed by atoms with Crippen molar-refractivity contribution >= 4 is 18.0 Å². The number of carbonyl (C=O) groups is 3. The predicted octanol–water partition coefficient (Wildman–Crippen LogP) is 3.57. The van der Waals surface area contributed by atoms with E-state index in [1.807, 2.05) is 51.1 Å². The molecule has 4 atom stereocenters. The third-order valence-corrected chi connectivity index (χ3v) is 6.22. The van der Waals surface area contributed by atoms with Gasteiger partial charge in [-0.25, -0.2) is 9.59 Å². The molecular weight excluding hydrogens is 384 g/mol. The van der Waals surface area contributed by atoms with Gasteiger partial charge in [0.25, 0.3) is 0 Å². The molecule has 1 heterocycles. The molecule has 1 saturated heterocycles. The third kappa shape index (κ3) is 4.94. The van der Waals surface area contributed by atoms with Gasteiger partial charge in [0.15, 0.2) is 0 Å². The maximum atomic E-state index is 13.6. The summed E-state index contributed by atoms with van der Waals surface area (Å²) < 4.78 is 5.31. The van der Waals surface area contributed by atoms with Crippen LogP contribution in [0.2, 0.25) is 0 Å². The first-order chi connectivity index (χ1) is 14.2. The highest BCUT2D eigenvalue weighted by molar-refractivity contribution is 5.90. The normalized spacial score (nSPS) is 24.6. The first-order valence-electron chi connectivity index (χ1n) is 10.7. The number of hydrogen-bond donors (Lipinski definition) is 2. The molecule has 7 nitrogen and oxygen atoms in total. The summed E-state index contributed by atoms with van der Waals surface area (Å²) in [4.78, 5) is 39.5. The van der Waals surface area contributed by atoms with Gasteiger partial charge >= 0.3 is 12.1 Å². The van der Waals surface area contributed by atoms with E-state index < -0.39 is 29.6 Å². The second-order valence-corrected chi connectivity index (χ2v) is 9.45. The fourth-order valence-electron chi connectivity index (χ4n) is 4.68. The number of fused-ring (bicyclic) bond motifs is 1. The van der Waals surface area contributed by atoms with Crippen LogP contribution in [-0.2, 0) is 20.9 Å². The number of carbonyl (C=O) groups excluding carboxylic acids is 2. The van der Waals surface area contributed by atoms with Crippen molar-refractivity contribution in [2.75, 3.05) is 0 Å². The minimum atomic E-state index is -0.975. The summed E-state index contributed by atoms with van der Waals surface area (Å²) in [5, 5.41) is 12.5. The Bertz CT molecular complexity index is 774. The number of aliphatic carboxylic acids is 1. The first kappa shape index (κ1) is 22.1. The number of amides is 2. The van der Waals surface area contributed by atoms with Crippen molar-refractivity contribution in [2.45, 2.75) is 77.6 Å². The van der Waals surface area contributed by atoms with Crippen LogP contribution >= 0.6 is 0 Å². The molecule has 1 aromatic carbocycles. The van der Waals surface area contributed by atoms with Crippen molar-refractivity contribution in [3.63, 3.8) is 0 Å². The number of rotatable bonds is 5. The van der Waals surface area contributed by atoms with Gasteiger partial charge in [-0.1, -0.05) is 63.9 Å². The van der Waals surface area contributed by atoms with Crippen molar-refractivity contribution in [1.29, 1.82) is 0 Å². The quantitative estimate of drug-likeness (QED) is 0.765. The van der Waals surface area contributed by atoms with Gasteiger partial charge in [0.05, 0.1) is 0 Å². The van der Waals surface area contributed by atoms with Crippen LogP contribution in [0, 0.1) is 11.3 Å². The van der Waals surface area contributed by atoms with Gasteiger partial charge in [-0.05, 0) is 36.2 Å². The molecule has 3 rings (SSSR count). The Morgan fingerprint density at radius 3 is 2.47 bits per heavy atom. The number of ether oxygens (including phenoxy) is 1. The number of likely N-dealkylation sites (tertiary alicyclic amines) is 1. The number of alkyl carbamates (subject to hydrolysis) is 1. The van der Waals surface area contributed by atoms with Crippen LogP contribution in [0.15, 0.2) is 30.3 Å². The zero-order chi connectivity index (χ0) is 21.9. The monoisotopic (exact) mass is 416 g/mol. The Hall–Kier alpha value is -2.57. The lowest BCUT2D eigenvalue weighted by molar-refractivity contribution is -0.152. The average molecular weight is 417 g/mol. The van der Waals surface area contributed by atoms with Crippen molar-refractivity contribution in [2.24, 2.45) is 11.3 Å². The largest absolute Gasteiger partial charge is 0.480 e. The summed E-state index contributed by atoms with van der Waals surface area (Å²) in [7, 11) is 0. The molecule has 1 saturated carbocycles. The fourth-order valence-corrected chi connectivity index (χ4v) is 4.68. The maximum absolute atomic E-state index is 13.6. The predicted molar refractivity (Wildman–Crippen MR) is 112 cm³/mol. The lowest BCUT2D eigenvalue weighted by Gasteiger charge is -2.39. The molecule has 2 fully saturated rings. The van der Waals surface area contributed by atoms with E-state index in [0.29, 0.717) is 6.42 Å². The first-order valence-corrected chi connectivity index (χ1v) is 10.7. The SMILES string of the molecule is CC(C)(C)C(NC(=O)OCc1ccccc1)C(=O)N1C(C(=O)O)CC2CCCCC21. The smallest absolute Gasteiger partial charge is 0.408 e. The van der Waals surface area contributed by atoms with Gasteiger partial charge in [-0.3, -0.25) is 4.79 Å². The molecule has 1 aliphatic carbocycles. The average Bonchev–Trinajstić information content (AvgIpc) is 3.10. The summed E-state index contributed by atoms with van der Waals surface area (Å²) in [5.41, 5.74) is 0.250. The molecule has 0 bridgehead atoms. The van der Waals surface area contributed by atoms with E-state index in [1.165, 1.54) is 0 Å². The van der Waals surface area contributed by atoms with E-state index >= 15 is 0 Å². The standard InChI is InChI=1S/C23H32N2O5/c1-23(2,3)19(24-22(29)30-14-15-9-5-4-6-10-15)20(26)25-17-12-8-7-11-16(17)13-18(25)21(27)28/h4-6,9-10,16-19H,7-8,11-14H2,1-3H3,(H,24,29)(H,27,28). The van der Waals surface area contributed by atoms with Gasteiger partial charge in [-0.15, -0.1) is 0 Å². The molecule has 30 heavy (non-hydrogen) atoms. The summed E-state index contributed by atoms with van der Waals surface area (Å²) >= 11 is 0. The van der Waals surface area contributed by atoms with Crippen molar-refractivity contribution in [1.82, 2.24) is 10.2 Å². The van der Waals surface area contributed by atoms with Crippen LogP contribution < -0.4 is 5.32 Å². The van der Waals surface area contributed by atoms with Crippen LogP contribution in [0.3, 0.4) is 0 Å². The molecule has 0 radical (unpaired) electrons. The molecule has 2 N–H and O–H groups in total. The van der Waals surface area contributed by atoms with E-state index in [9.17, 15) is 19.5 Å². The Morgan fingerprint density at radius 1 is 1.17 bits per heavy atom. The molecule has 1 aliphatic heterocycles. The van der Waals surface area contributed by atoms with E-state index in [0.717, 1.165) is 31.2 Å². The topological polar surface area (TPSA) is 95.9 Å². The highest BCUT2D eigenvalue weighted by atomic mass is 16.5. The summed E-state index contributed by atoms with van der Waals surface area (Å²) in [5.74, 6) is -1.09. The van der Waals surface area contributed by atoms with Crippen molar-refractivity contribution in [3.05, 3.63) is 35.9 Å². The molecule has 2 aliphatic rings. The van der Waals surface area contributed by atoms with Gasteiger partial charge < -0.3 is 20.1 Å². The minimum Gasteiger partial charge on any atom is -0.480 e. The van der Waals surface area contributed by atoms with Crippen molar-refractivity contribution in [3.8, 4) is 0 Å². The van der Waals surface area contributed by atoms with Crippen molar-refractivity contribution < 1.29 is 24.2 Å².